The third-order valence-corrected chi connectivity index (χ3v) is 4.46. The minimum atomic E-state index is -1.17. The zero-order valence-corrected chi connectivity index (χ0v) is 11.8. The van der Waals surface area contributed by atoms with E-state index in [0.717, 1.165) is 6.07 Å². The van der Waals surface area contributed by atoms with Crippen LogP contribution in [0.15, 0.2) is 27.6 Å². The summed E-state index contributed by atoms with van der Waals surface area (Å²) < 4.78 is 5.38. The standard InChI is InChI=1S/C15H17NO5/c1-15(20)8(3-5-16(15)2)12-10(18)7-11(19)13-9(17)4-6-21-14(12)13/h4,6-8,18-20H,3,5H2,1-2H3. The molecule has 1 aromatic carbocycles. The van der Waals surface area contributed by atoms with Gasteiger partial charge < -0.3 is 19.7 Å². The maximum absolute atomic E-state index is 11.9. The van der Waals surface area contributed by atoms with Gasteiger partial charge in [0.15, 0.2) is 5.43 Å². The normalized spacial score (nSPS) is 26.5. The van der Waals surface area contributed by atoms with Gasteiger partial charge in [0.1, 0.15) is 28.2 Å². The molecule has 1 fully saturated rings. The second-order valence-electron chi connectivity index (χ2n) is 5.67. The molecule has 3 rings (SSSR count). The van der Waals surface area contributed by atoms with Gasteiger partial charge in [-0.2, -0.15) is 0 Å². The van der Waals surface area contributed by atoms with Crippen LogP contribution in [0.3, 0.4) is 0 Å². The largest absolute Gasteiger partial charge is 0.507 e. The number of likely N-dealkylation sites (tertiary alicyclic amines) is 1. The summed E-state index contributed by atoms with van der Waals surface area (Å²) in [6, 6.07) is 2.34. The number of aliphatic hydroxyl groups is 1. The highest BCUT2D eigenvalue weighted by molar-refractivity contribution is 5.88. The summed E-state index contributed by atoms with van der Waals surface area (Å²) in [5, 5.41) is 30.8. The topological polar surface area (TPSA) is 94.1 Å². The van der Waals surface area contributed by atoms with Gasteiger partial charge in [0.25, 0.3) is 0 Å². The average molecular weight is 291 g/mol. The van der Waals surface area contributed by atoms with Gasteiger partial charge in [0, 0.05) is 30.2 Å². The highest BCUT2D eigenvalue weighted by Crippen LogP contribution is 2.46. The van der Waals surface area contributed by atoms with Crippen molar-refractivity contribution in [3.05, 3.63) is 34.2 Å². The third-order valence-electron chi connectivity index (χ3n) is 4.46. The number of hydrogen-bond acceptors (Lipinski definition) is 6. The van der Waals surface area contributed by atoms with Gasteiger partial charge in [-0.3, -0.25) is 9.69 Å². The molecule has 1 aliphatic rings. The predicted molar refractivity (Wildman–Crippen MR) is 76.4 cm³/mol. The summed E-state index contributed by atoms with van der Waals surface area (Å²) in [5.41, 5.74) is -1.08. The number of phenols is 2. The van der Waals surface area contributed by atoms with Crippen molar-refractivity contribution in [3.63, 3.8) is 0 Å². The number of fused-ring (bicyclic) bond motifs is 1. The van der Waals surface area contributed by atoms with Gasteiger partial charge in [-0.15, -0.1) is 0 Å². The first kappa shape index (κ1) is 13.9. The second-order valence-corrected chi connectivity index (χ2v) is 5.67. The van der Waals surface area contributed by atoms with Crippen molar-refractivity contribution in [1.82, 2.24) is 4.90 Å². The fraction of sp³-hybridized carbons (Fsp3) is 0.400. The third kappa shape index (κ3) is 1.91. The lowest BCUT2D eigenvalue weighted by molar-refractivity contribution is -0.0627. The molecule has 1 saturated heterocycles. The molecular weight excluding hydrogens is 274 g/mol. The Morgan fingerprint density at radius 2 is 2.10 bits per heavy atom. The van der Waals surface area contributed by atoms with Crippen molar-refractivity contribution in [3.8, 4) is 11.5 Å². The molecular formula is C15H17NO5. The fourth-order valence-corrected chi connectivity index (χ4v) is 3.10. The molecule has 0 radical (unpaired) electrons. The summed E-state index contributed by atoms with van der Waals surface area (Å²) in [6.45, 7) is 2.31. The lowest BCUT2D eigenvalue weighted by Gasteiger charge is -2.32. The summed E-state index contributed by atoms with van der Waals surface area (Å²) in [5.74, 6) is -0.933. The van der Waals surface area contributed by atoms with E-state index in [9.17, 15) is 20.1 Å². The SMILES string of the molecule is CN1CCC(c2c(O)cc(O)c3c(=O)ccoc23)C1(C)O. The summed E-state index contributed by atoms with van der Waals surface area (Å²) in [4.78, 5) is 13.7. The van der Waals surface area contributed by atoms with Gasteiger partial charge in [0.2, 0.25) is 0 Å². The molecule has 2 atom stereocenters. The molecule has 0 saturated carbocycles. The quantitative estimate of drug-likeness (QED) is 0.734. The molecule has 6 nitrogen and oxygen atoms in total. The summed E-state index contributed by atoms with van der Waals surface area (Å²) in [6.07, 6.45) is 1.83. The molecule has 1 aromatic heterocycles. The van der Waals surface area contributed by atoms with Crippen molar-refractivity contribution in [2.45, 2.75) is 25.0 Å². The number of hydrogen-bond donors (Lipinski definition) is 3. The van der Waals surface area contributed by atoms with Crippen LogP contribution in [0.25, 0.3) is 11.0 Å². The number of aromatic hydroxyl groups is 2. The molecule has 112 valence electrons. The Labute approximate surface area is 120 Å². The molecule has 21 heavy (non-hydrogen) atoms. The van der Waals surface area contributed by atoms with E-state index in [4.69, 9.17) is 4.42 Å². The van der Waals surface area contributed by atoms with E-state index in [-0.39, 0.29) is 27.9 Å². The number of likely N-dealkylation sites (N-methyl/N-ethyl adjacent to an activating group) is 1. The van der Waals surface area contributed by atoms with Crippen LogP contribution in [0.4, 0.5) is 0 Å². The monoisotopic (exact) mass is 291 g/mol. The zero-order chi connectivity index (χ0) is 15.4. The zero-order valence-electron chi connectivity index (χ0n) is 11.8. The number of nitrogens with zero attached hydrogens (tertiary/aromatic N) is 1. The Bertz CT molecular complexity index is 764. The molecule has 0 aliphatic carbocycles. The lowest BCUT2D eigenvalue weighted by atomic mass is 9.87. The van der Waals surface area contributed by atoms with E-state index in [0.29, 0.717) is 18.5 Å². The van der Waals surface area contributed by atoms with E-state index < -0.39 is 11.6 Å². The van der Waals surface area contributed by atoms with Crippen LogP contribution in [0.1, 0.15) is 24.8 Å². The van der Waals surface area contributed by atoms with Crippen LogP contribution in [-0.2, 0) is 0 Å². The number of rotatable bonds is 1. The molecule has 0 spiro atoms. The Morgan fingerprint density at radius 3 is 2.71 bits per heavy atom. The van der Waals surface area contributed by atoms with Gasteiger partial charge >= 0.3 is 0 Å². The van der Waals surface area contributed by atoms with Crippen LogP contribution in [0.5, 0.6) is 11.5 Å². The minimum Gasteiger partial charge on any atom is -0.507 e. The fourth-order valence-electron chi connectivity index (χ4n) is 3.10. The predicted octanol–water partition coefficient (Wildman–Crippen LogP) is 1.33. The number of benzene rings is 1. The molecule has 0 amide bonds. The Hall–Kier alpha value is -2.05. The summed E-state index contributed by atoms with van der Waals surface area (Å²) in [7, 11) is 1.79. The number of phenolic OH excluding ortho intramolecular Hbond substituents is 2. The summed E-state index contributed by atoms with van der Waals surface area (Å²) >= 11 is 0. The van der Waals surface area contributed by atoms with Crippen LogP contribution in [-0.4, -0.2) is 39.5 Å². The van der Waals surface area contributed by atoms with Crippen LogP contribution in [0.2, 0.25) is 0 Å². The van der Waals surface area contributed by atoms with Gasteiger partial charge in [-0.05, 0) is 20.4 Å². The molecule has 2 aromatic rings. The first-order valence-corrected chi connectivity index (χ1v) is 6.74. The van der Waals surface area contributed by atoms with Crippen molar-refractivity contribution >= 4 is 11.0 Å². The Balaban J connectivity index is 2.34. The lowest BCUT2D eigenvalue weighted by Crippen LogP contribution is -2.41. The van der Waals surface area contributed by atoms with Gasteiger partial charge in [0.05, 0.1) is 6.26 Å². The molecule has 6 heteroatoms. The van der Waals surface area contributed by atoms with Crippen molar-refractivity contribution in [1.29, 1.82) is 0 Å². The smallest absolute Gasteiger partial charge is 0.196 e. The highest BCUT2D eigenvalue weighted by atomic mass is 16.3. The van der Waals surface area contributed by atoms with Crippen molar-refractivity contribution in [2.75, 3.05) is 13.6 Å². The molecule has 2 heterocycles. The first-order chi connectivity index (χ1) is 9.84. The van der Waals surface area contributed by atoms with Gasteiger partial charge in [-0.25, -0.2) is 0 Å². The van der Waals surface area contributed by atoms with Crippen LogP contribution >= 0.6 is 0 Å². The minimum absolute atomic E-state index is 0.0238. The first-order valence-electron chi connectivity index (χ1n) is 6.74. The molecule has 0 bridgehead atoms. The molecule has 1 aliphatic heterocycles. The van der Waals surface area contributed by atoms with E-state index in [1.165, 1.54) is 12.3 Å². The van der Waals surface area contributed by atoms with E-state index >= 15 is 0 Å². The van der Waals surface area contributed by atoms with E-state index in [2.05, 4.69) is 0 Å². The highest BCUT2D eigenvalue weighted by Gasteiger charge is 2.44. The van der Waals surface area contributed by atoms with Crippen molar-refractivity contribution < 1.29 is 19.7 Å². The molecule has 3 N–H and O–H groups in total. The second kappa shape index (κ2) is 4.47. The van der Waals surface area contributed by atoms with Crippen LogP contribution in [0, 0.1) is 0 Å². The van der Waals surface area contributed by atoms with E-state index in [1.54, 1.807) is 18.9 Å². The average Bonchev–Trinajstić information content (AvgIpc) is 2.65. The van der Waals surface area contributed by atoms with E-state index in [1.807, 2.05) is 0 Å². The van der Waals surface area contributed by atoms with Gasteiger partial charge in [-0.1, -0.05) is 0 Å². The van der Waals surface area contributed by atoms with Crippen molar-refractivity contribution in [2.24, 2.45) is 0 Å². The van der Waals surface area contributed by atoms with Crippen LogP contribution < -0.4 is 5.43 Å². The maximum atomic E-state index is 11.9. The maximum Gasteiger partial charge on any atom is 0.196 e. The Kier molecular flexibility index (Phi) is 2.96. The Morgan fingerprint density at radius 1 is 1.38 bits per heavy atom. The molecule has 2 unspecified atom stereocenters.